The van der Waals surface area contributed by atoms with E-state index in [1.54, 1.807) is 14.2 Å². The maximum atomic E-state index is 5.69. The molecule has 1 aliphatic rings. The average molecular weight is 377 g/mol. The molecule has 0 saturated heterocycles. The minimum Gasteiger partial charge on any atom is -0.493 e. The first kappa shape index (κ1) is 18.6. The number of nitrogens with zero attached hydrogens (tertiary/aromatic N) is 2. The van der Waals surface area contributed by atoms with Gasteiger partial charge in [-0.1, -0.05) is 42.0 Å². The van der Waals surface area contributed by atoms with Crippen LogP contribution in [0.5, 0.6) is 11.5 Å². The highest BCUT2D eigenvalue weighted by Gasteiger charge is 2.28. The van der Waals surface area contributed by atoms with Crippen LogP contribution in [-0.2, 0) is 13.1 Å². The largest absolute Gasteiger partial charge is 0.493 e. The lowest BCUT2D eigenvalue weighted by atomic mass is 9.99. The van der Waals surface area contributed by atoms with Gasteiger partial charge < -0.3 is 14.0 Å². The topological polar surface area (TPSA) is 26.6 Å². The lowest BCUT2D eigenvalue weighted by Gasteiger charge is -2.31. The van der Waals surface area contributed by atoms with E-state index in [-0.39, 0.29) is 6.04 Å². The molecular weight excluding hydrogens is 348 g/mol. The Labute approximate surface area is 167 Å². The van der Waals surface area contributed by atoms with Crippen molar-refractivity contribution >= 4 is 0 Å². The first-order valence-electron chi connectivity index (χ1n) is 9.87. The Bertz CT molecular complexity index is 930. The number of methoxy groups -OCH3 is 2. The molecule has 1 unspecified atom stereocenters. The number of benzene rings is 2. The first-order valence-corrected chi connectivity index (χ1v) is 9.87. The van der Waals surface area contributed by atoms with Gasteiger partial charge >= 0.3 is 0 Å². The van der Waals surface area contributed by atoms with Crippen molar-refractivity contribution in [1.82, 2.24) is 9.47 Å². The van der Waals surface area contributed by atoms with Crippen LogP contribution in [-0.4, -0.2) is 30.2 Å². The summed E-state index contributed by atoms with van der Waals surface area (Å²) in [4.78, 5) is 2.56. The van der Waals surface area contributed by atoms with E-state index in [9.17, 15) is 0 Å². The van der Waals surface area contributed by atoms with Crippen LogP contribution in [0.4, 0.5) is 0 Å². The monoisotopic (exact) mass is 376 g/mol. The van der Waals surface area contributed by atoms with Crippen LogP contribution < -0.4 is 9.47 Å². The van der Waals surface area contributed by atoms with Crippen molar-refractivity contribution in [3.8, 4) is 11.5 Å². The summed E-state index contributed by atoms with van der Waals surface area (Å²) in [6.45, 7) is 5.03. The van der Waals surface area contributed by atoms with Crippen molar-refractivity contribution in [2.24, 2.45) is 0 Å². The molecule has 4 nitrogen and oxygen atoms in total. The maximum Gasteiger partial charge on any atom is 0.165 e. The minimum absolute atomic E-state index is 0.217. The summed E-state index contributed by atoms with van der Waals surface area (Å²) >= 11 is 0. The highest BCUT2D eigenvalue weighted by Crippen LogP contribution is 2.37. The van der Waals surface area contributed by atoms with E-state index in [0.29, 0.717) is 0 Å². The van der Waals surface area contributed by atoms with E-state index in [1.807, 2.05) is 12.1 Å². The second kappa shape index (κ2) is 8.11. The van der Waals surface area contributed by atoms with Gasteiger partial charge in [-0.05, 0) is 37.1 Å². The van der Waals surface area contributed by atoms with E-state index in [0.717, 1.165) is 43.1 Å². The molecule has 1 aromatic heterocycles. The van der Waals surface area contributed by atoms with Crippen molar-refractivity contribution in [2.45, 2.75) is 32.5 Å². The van der Waals surface area contributed by atoms with Crippen molar-refractivity contribution < 1.29 is 9.47 Å². The zero-order valence-corrected chi connectivity index (χ0v) is 16.9. The van der Waals surface area contributed by atoms with Gasteiger partial charge in [-0.25, -0.2) is 0 Å². The van der Waals surface area contributed by atoms with Crippen LogP contribution in [0.3, 0.4) is 0 Å². The van der Waals surface area contributed by atoms with Crippen molar-refractivity contribution in [3.63, 3.8) is 0 Å². The van der Waals surface area contributed by atoms with Crippen LogP contribution in [0.2, 0.25) is 0 Å². The normalized spacial score (nSPS) is 17.0. The molecule has 1 atom stereocenters. The Morgan fingerprint density at radius 1 is 0.929 bits per heavy atom. The second-order valence-corrected chi connectivity index (χ2v) is 7.42. The summed E-state index contributed by atoms with van der Waals surface area (Å²) < 4.78 is 13.6. The fraction of sp³-hybridized carbons (Fsp3) is 0.333. The van der Waals surface area contributed by atoms with Crippen LogP contribution in [0.25, 0.3) is 0 Å². The van der Waals surface area contributed by atoms with Gasteiger partial charge in [0.15, 0.2) is 11.5 Å². The Morgan fingerprint density at radius 2 is 1.75 bits per heavy atom. The van der Waals surface area contributed by atoms with E-state index in [2.05, 4.69) is 65.1 Å². The Balaban J connectivity index is 1.75. The summed E-state index contributed by atoms with van der Waals surface area (Å²) in [7, 11) is 3.40. The smallest absolute Gasteiger partial charge is 0.165 e. The zero-order valence-electron chi connectivity index (χ0n) is 16.9. The molecule has 0 radical (unpaired) electrons. The zero-order chi connectivity index (χ0) is 19.5. The van der Waals surface area contributed by atoms with E-state index in [1.165, 1.54) is 16.8 Å². The Hall–Kier alpha value is -2.72. The van der Waals surface area contributed by atoms with Crippen molar-refractivity contribution in [2.75, 3.05) is 20.8 Å². The molecule has 3 aromatic rings. The third-order valence-corrected chi connectivity index (χ3v) is 5.61. The predicted octanol–water partition coefficient (Wildman–Crippen LogP) is 4.81. The number of rotatable bonds is 5. The average Bonchev–Trinajstić information content (AvgIpc) is 3.10. The number of aromatic nitrogens is 1. The fourth-order valence-electron chi connectivity index (χ4n) is 4.24. The highest BCUT2D eigenvalue weighted by molar-refractivity contribution is 5.46. The van der Waals surface area contributed by atoms with Crippen molar-refractivity contribution in [3.05, 3.63) is 83.2 Å². The predicted molar refractivity (Wildman–Crippen MR) is 112 cm³/mol. The number of fused-ring (bicyclic) bond motifs is 1. The minimum atomic E-state index is 0.217. The number of hydrogen-bond donors (Lipinski definition) is 0. The molecule has 4 rings (SSSR count). The molecule has 2 heterocycles. The highest BCUT2D eigenvalue weighted by atomic mass is 16.5. The first-order chi connectivity index (χ1) is 13.7. The fourth-order valence-corrected chi connectivity index (χ4v) is 4.24. The van der Waals surface area contributed by atoms with E-state index >= 15 is 0 Å². The molecular formula is C24H28N2O2. The van der Waals surface area contributed by atoms with Gasteiger partial charge in [-0.2, -0.15) is 0 Å². The molecule has 0 N–H and O–H groups in total. The molecule has 28 heavy (non-hydrogen) atoms. The standard InChI is InChI=1S/C24H28N2O2/c1-18-10-12-19(13-11-18)23-21-8-5-14-25(21)15-6-16-26(23)17-20-7-4-9-22(27-2)24(20)28-3/h4-5,7-14,23H,6,15-17H2,1-3H3. The molecule has 146 valence electrons. The summed E-state index contributed by atoms with van der Waals surface area (Å²) in [5.41, 5.74) is 5.12. The van der Waals surface area contributed by atoms with Crippen LogP contribution in [0.1, 0.15) is 34.8 Å². The van der Waals surface area contributed by atoms with Crippen molar-refractivity contribution in [1.29, 1.82) is 0 Å². The number of para-hydroxylation sites is 1. The van der Waals surface area contributed by atoms with Gasteiger partial charge in [-0.3, -0.25) is 4.90 Å². The van der Waals surface area contributed by atoms with Gasteiger partial charge in [0, 0.05) is 37.1 Å². The van der Waals surface area contributed by atoms with Gasteiger partial charge in [-0.15, -0.1) is 0 Å². The molecule has 0 spiro atoms. The molecule has 0 saturated carbocycles. The molecule has 0 aliphatic carbocycles. The summed E-state index contributed by atoms with van der Waals surface area (Å²) in [5, 5.41) is 0. The van der Waals surface area contributed by atoms with Crippen LogP contribution in [0, 0.1) is 6.92 Å². The van der Waals surface area contributed by atoms with Gasteiger partial charge in [0.2, 0.25) is 0 Å². The number of hydrogen-bond acceptors (Lipinski definition) is 3. The quantitative estimate of drug-likeness (QED) is 0.639. The van der Waals surface area contributed by atoms with Gasteiger partial charge in [0.25, 0.3) is 0 Å². The second-order valence-electron chi connectivity index (χ2n) is 7.42. The molecule has 0 bridgehead atoms. The SMILES string of the molecule is COc1cccc(CN2CCCn3cccc3C2c2ccc(C)cc2)c1OC. The third kappa shape index (κ3) is 3.52. The number of aryl methyl sites for hydroxylation is 2. The van der Waals surface area contributed by atoms with Gasteiger partial charge in [0.05, 0.1) is 20.3 Å². The molecule has 0 fully saturated rings. The molecule has 4 heteroatoms. The third-order valence-electron chi connectivity index (χ3n) is 5.61. The van der Waals surface area contributed by atoms with Crippen LogP contribution in [0.15, 0.2) is 60.8 Å². The maximum absolute atomic E-state index is 5.69. The summed E-state index contributed by atoms with van der Waals surface area (Å²) in [6.07, 6.45) is 3.32. The molecule has 1 aliphatic heterocycles. The molecule has 2 aromatic carbocycles. The Morgan fingerprint density at radius 3 is 2.50 bits per heavy atom. The van der Waals surface area contributed by atoms with Crippen LogP contribution >= 0.6 is 0 Å². The number of ether oxygens (including phenoxy) is 2. The van der Waals surface area contributed by atoms with E-state index in [4.69, 9.17) is 9.47 Å². The Kier molecular flexibility index (Phi) is 5.40. The lowest BCUT2D eigenvalue weighted by Crippen LogP contribution is -2.29. The summed E-state index contributed by atoms with van der Waals surface area (Å²) in [5.74, 6) is 1.61. The molecule has 0 amide bonds. The van der Waals surface area contributed by atoms with E-state index < -0.39 is 0 Å². The lowest BCUT2D eigenvalue weighted by molar-refractivity contribution is 0.216. The summed E-state index contributed by atoms with van der Waals surface area (Å²) in [6, 6.07) is 19.7. The van der Waals surface area contributed by atoms with Gasteiger partial charge in [0.1, 0.15) is 0 Å².